The van der Waals surface area contributed by atoms with Gasteiger partial charge in [-0.1, -0.05) is 19.1 Å². The first kappa shape index (κ1) is 61.8. The van der Waals surface area contributed by atoms with Crippen LogP contribution in [0.25, 0.3) is 0 Å². The highest BCUT2D eigenvalue weighted by molar-refractivity contribution is 6.31. The standard InChI is InChI=1S/C60H84N2O22/c1-12-60(71)23-39(79-41-18-31(61(8)9)55(26(4)73-41)82-44-22-37-57(29(7)76-44)84-59-38(78-37)20-35(65)25(3)77-59)46-49(53(70)47-48(52(46)69)51(68)45-30(50(47)67)14-13-15-34(45)64)58(60)83-42-19-32(62(10)11)54(27(5)74-42)81-43-21-36(66)56(28(6)75-43)80-40-17-16-33(63)24(2)72-40/h13-15,24-29,31-33,36-44,54-59,63-64,66,69-71H,12,16-23H2,1-11H3/t24-,25-,26-,27-,28-,29-,31-,32-,33-,36-,37-,38+,39+,40-,41+,42+,43+,44+,54+,55+,56+,57+,58-,59-,60+/m1/s1. The molecule has 7 fully saturated rings. The van der Waals surface area contributed by atoms with Gasteiger partial charge >= 0.3 is 0 Å². The topological polar surface area (TPSA) is 299 Å². The number of carbonyl (C=O) groups is 3. The molecule has 2 aromatic rings. The molecular weight excluding hydrogens is 1100 g/mol. The molecule has 0 radical (unpaired) electrons. The van der Waals surface area contributed by atoms with Crippen molar-refractivity contribution < 1.29 is 107 Å². The van der Waals surface area contributed by atoms with Gasteiger partial charge in [0.15, 0.2) is 49.3 Å². The van der Waals surface area contributed by atoms with E-state index in [4.69, 9.17) is 61.6 Å². The van der Waals surface area contributed by atoms with Gasteiger partial charge < -0.3 is 102 Å². The molecule has 2 aromatic carbocycles. The molecule has 0 unspecified atom stereocenters. The summed E-state index contributed by atoms with van der Waals surface area (Å²) in [7, 11) is 7.51. The molecule has 0 saturated carbocycles. The molecule has 0 amide bonds. The molecule has 25 atom stereocenters. The summed E-state index contributed by atoms with van der Waals surface area (Å²) in [6, 6.07) is 3.19. The summed E-state index contributed by atoms with van der Waals surface area (Å²) in [6.07, 6.45) is -14.8. The van der Waals surface area contributed by atoms with Gasteiger partial charge in [-0.25, -0.2) is 0 Å². The predicted octanol–water partition coefficient (Wildman–Crippen LogP) is 3.90. The summed E-state index contributed by atoms with van der Waals surface area (Å²) in [6.45, 7) is 12.5. The minimum Gasteiger partial charge on any atom is -0.507 e. The molecule has 24 nitrogen and oxygen atoms in total. The van der Waals surface area contributed by atoms with Gasteiger partial charge in [-0.2, -0.15) is 0 Å². The molecule has 0 bridgehead atoms. The molecule has 0 spiro atoms. The fraction of sp³-hybridized carbons (Fsp3) is 0.750. The number of aliphatic hydroxyl groups excluding tert-OH is 2. The van der Waals surface area contributed by atoms with Gasteiger partial charge in [0.2, 0.25) is 5.78 Å². The van der Waals surface area contributed by atoms with Gasteiger partial charge in [-0.3, -0.25) is 14.4 Å². The number of phenolic OH excluding ortho intramolecular Hbond substituents is 3. The number of nitrogens with zero attached hydrogens (tertiary/aromatic N) is 2. The van der Waals surface area contributed by atoms with E-state index in [1.54, 1.807) is 34.6 Å². The van der Waals surface area contributed by atoms with Crippen molar-refractivity contribution in [1.29, 1.82) is 0 Å². The van der Waals surface area contributed by atoms with Crippen LogP contribution in [-0.2, 0) is 66.4 Å². The predicted molar refractivity (Wildman–Crippen MR) is 291 cm³/mol. The number of rotatable bonds is 13. The first-order valence-corrected chi connectivity index (χ1v) is 29.8. The normalized spacial score (nSPS) is 43.4. The van der Waals surface area contributed by atoms with Crippen molar-refractivity contribution in [3.05, 3.63) is 51.6 Å². The molecular formula is C60H84N2O22. The summed E-state index contributed by atoms with van der Waals surface area (Å²) in [4.78, 5) is 45.6. The van der Waals surface area contributed by atoms with E-state index in [0.29, 0.717) is 19.3 Å². The Morgan fingerprint density at radius 2 is 1.13 bits per heavy atom. The Balaban J connectivity index is 0.846. The second-order valence-corrected chi connectivity index (χ2v) is 24.9. The zero-order chi connectivity index (χ0) is 60.1. The zero-order valence-corrected chi connectivity index (χ0v) is 49.6. The minimum atomic E-state index is -1.90. The molecule has 24 heteroatoms. The van der Waals surface area contributed by atoms with Gasteiger partial charge in [-0.15, -0.1) is 0 Å². The van der Waals surface area contributed by atoms with E-state index in [-0.39, 0.29) is 72.6 Å². The van der Waals surface area contributed by atoms with Crippen LogP contribution in [0, 0.1) is 0 Å². The van der Waals surface area contributed by atoms with Crippen LogP contribution in [-0.4, -0.2) is 227 Å². The number of Topliss-reactive ketones (excluding diaryl/α,β-unsaturated/α-hetero) is 1. The number of ketones is 3. The van der Waals surface area contributed by atoms with E-state index in [0.717, 1.165) is 0 Å². The van der Waals surface area contributed by atoms with E-state index in [2.05, 4.69) is 0 Å². The van der Waals surface area contributed by atoms with Crippen molar-refractivity contribution in [1.82, 2.24) is 9.80 Å². The smallest absolute Gasteiger partial charge is 0.202 e. The maximum atomic E-state index is 14.6. The number of fused-ring (bicyclic) bond motifs is 5. The summed E-state index contributed by atoms with van der Waals surface area (Å²) in [5, 5.41) is 71.0. The van der Waals surface area contributed by atoms with Crippen molar-refractivity contribution in [3.63, 3.8) is 0 Å². The Bertz CT molecular complexity index is 2760. The number of likely N-dealkylation sites (N-methyl/N-ethyl adjacent to an activating group) is 2. The van der Waals surface area contributed by atoms with Crippen molar-refractivity contribution in [2.24, 2.45) is 0 Å². The molecule has 7 aliphatic heterocycles. The maximum absolute atomic E-state index is 14.6. The molecule has 11 rings (SSSR count). The summed E-state index contributed by atoms with van der Waals surface area (Å²) >= 11 is 0. The van der Waals surface area contributed by atoms with Gasteiger partial charge in [0.1, 0.15) is 60.0 Å². The van der Waals surface area contributed by atoms with E-state index in [9.17, 15) is 45.0 Å². The number of hydrogen-bond donors (Lipinski definition) is 6. The van der Waals surface area contributed by atoms with Crippen LogP contribution in [0.5, 0.6) is 17.2 Å². The minimum absolute atomic E-state index is 0.000515. The molecule has 9 aliphatic rings. The Hall–Kier alpha value is -3.87. The van der Waals surface area contributed by atoms with Crippen molar-refractivity contribution in [2.45, 2.75) is 259 Å². The number of phenols is 3. The largest absolute Gasteiger partial charge is 0.507 e. The third-order valence-electron chi connectivity index (χ3n) is 18.9. The van der Waals surface area contributed by atoms with Crippen molar-refractivity contribution >= 4 is 17.3 Å². The summed E-state index contributed by atoms with van der Waals surface area (Å²) in [5.74, 6) is -3.74. The highest BCUT2D eigenvalue weighted by Crippen LogP contribution is 2.58. The number of benzene rings is 2. The van der Waals surface area contributed by atoms with Crippen molar-refractivity contribution in [2.75, 3.05) is 28.2 Å². The second kappa shape index (κ2) is 24.3. The second-order valence-electron chi connectivity index (χ2n) is 24.9. The summed E-state index contributed by atoms with van der Waals surface area (Å²) < 4.78 is 83.8. The molecule has 6 N–H and O–H groups in total. The Morgan fingerprint density at radius 1 is 0.571 bits per heavy atom. The average Bonchev–Trinajstić information content (AvgIpc) is 0.779. The number of ether oxygens (including phenoxy) is 13. The maximum Gasteiger partial charge on any atom is 0.202 e. The molecule has 7 saturated heterocycles. The summed E-state index contributed by atoms with van der Waals surface area (Å²) in [5.41, 5.74) is -3.83. The lowest BCUT2D eigenvalue weighted by atomic mass is 9.70. The van der Waals surface area contributed by atoms with Gasteiger partial charge in [0, 0.05) is 73.7 Å². The van der Waals surface area contributed by atoms with E-state index >= 15 is 0 Å². The average molecular weight is 1190 g/mol. The number of carbonyl (C=O) groups excluding carboxylic acids is 3. The quantitative estimate of drug-likeness (QED) is 0.132. The third-order valence-corrected chi connectivity index (χ3v) is 18.9. The highest BCUT2D eigenvalue weighted by Gasteiger charge is 2.56. The van der Waals surface area contributed by atoms with Gasteiger partial charge in [0.05, 0.1) is 77.2 Å². The molecule has 84 heavy (non-hydrogen) atoms. The zero-order valence-electron chi connectivity index (χ0n) is 49.6. The van der Waals surface area contributed by atoms with Crippen LogP contribution >= 0.6 is 0 Å². The van der Waals surface area contributed by atoms with Crippen LogP contribution in [0.3, 0.4) is 0 Å². The lowest BCUT2D eigenvalue weighted by molar-refractivity contribution is -0.371. The highest BCUT2D eigenvalue weighted by atomic mass is 16.8. The first-order valence-electron chi connectivity index (χ1n) is 29.8. The van der Waals surface area contributed by atoms with Crippen LogP contribution < -0.4 is 0 Å². The van der Waals surface area contributed by atoms with Crippen LogP contribution in [0.4, 0.5) is 0 Å². The molecule has 7 heterocycles. The van der Waals surface area contributed by atoms with Crippen LogP contribution in [0.15, 0.2) is 18.2 Å². The van der Waals surface area contributed by atoms with Gasteiger partial charge in [-0.05, 0) is 88.6 Å². The number of hydrogen-bond acceptors (Lipinski definition) is 24. The van der Waals surface area contributed by atoms with E-state index in [1.807, 2.05) is 51.8 Å². The fourth-order valence-corrected chi connectivity index (χ4v) is 14.1. The number of aromatic hydroxyl groups is 3. The van der Waals surface area contributed by atoms with Crippen LogP contribution in [0.1, 0.15) is 161 Å². The Morgan fingerprint density at radius 3 is 1.75 bits per heavy atom. The van der Waals surface area contributed by atoms with Gasteiger partial charge in [0.25, 0.3) is 0 Å². The van der Waals surface area contributed by atoms with E-state index < -0.39 is 187 Å². The fourth-order valence-electron chi connectivity index (χ4n) is 14.1. The lowest BCUT2D eigenvalue weighted by Crippen LogP contribution is -2.62. The molecule has 466 valence electrons. The first-order chi connectivity index (χ1) is 39.8. The third kappa shape index (κ3) is 11.5. The SMILES string of the molecule is CC[C@]1(O)C[C@H](O[C@H]2C[C@@H](N(C)C)[C@@H](O[C@H]3C[C@H]4O[C@H]5CC(=O)[C@@H](C)O[C@@H]5O[C@H]4[C@@H](C)O3)[C@@H](C)O2)c2c(O)c3c(c(O)c2[C@H]1O[C@H]1C[C@@H](N(C)C)[C@@H](O[C@H]2C[C@@H](O)[C@@H](O[C@@H]4CC[C@@H](O)[C@@H](C)O4)[C@@H](C)O2)[C@@H](C)O1)C(=O)c1cccc(O)c1C3=O. The van der Waals surface area contributed by atoms with E-state index in [1.165, 1.54) is 18.2 Å². The Labute approximate surface area is 488 Å². The van der Waals surface area contributed by atoms with Crippen molar-refractivity contribution in [3.8, 4) is 17.2 Å². The number of aliphatic hydroxyl groups is 3. The lowest BCUT2D eigenvalue weighted by Gasteiger charge is -2.51. The molecule has 2 aliphatic carbocycles. The molecule has 0 aromatic heterocycles. The monoisotopic (exact) mass is 1180 g/mol. The van der Waals surface area contributed by atoms with Crippen LogP contribution in [0.2, 0.25) is 0 Å². The Kier molecular flexibility index (Phi) is 17.8.